The van der Waals surface area contributed by atoms with Crippen LogP contribution in [0.1, 0.15) is 24.2 Å². The maximum Gasteiger partial charge on any atom is 0.132 e. The normalized spacial score (nSPS) is 18.3. The van der Waals surface area contributed by atoms with Gasteiger partial charge in [0.15, 0.2) is 0 Å². The van der Waals surface area contributed by atoms with Crippen LogP contribution in [0.3, 0.4) is 0 Å². The van der Waals surface area contributed by atoms with E-state index < -0.39 is 0 Å². The Morgan fingerprint density at radius 1 is 1.19 bits per heavy atom. The largest absolute Gasteiger partial charge is 0.362 e. The van der Waals surface area contributed by atoms with Crippen LogP contribution in [-0.2, 0) is 13.0 Å². The highest BCUT2D eigenvalue weighted by Crippen LogP contribution is 2.24. The lowest BCUT2D eigenvalue weighted by atomic mass is 9.94. The van der Waals surface area contributed by atoms with Crippen LogP contribution in [0.25, 0.3) is 11.0 Å². The van der Waals surface area contributed by atoms with Crippen LogP contribution in [0.2, 0.25) is 0 Å². The Morgan fingerprint density at radius 3 is 2.92 bits per heavy atom. The van der Waals surface area contributed by atoms with Gasteiger partial charge >= 0.3 is 0 Å². The number of rotatable bonds is 5. The molecule has 26 heavy (non-hydrogen) atoms. The van der Waals surface area contributed by atoms with Gasteiger partial charge in [0, 0.05) is 45.4 Å². The molecule has 1 aliphatic heterocycles. The summed E-state index contributed by atoms with van der Waals surface area (Å²) in [4.78, 5) is 17.5. The molecule has 1 saturated heterocycles. The summed E-state index contributed by atoms with van der Waals surface area (Å²) < 4.78 is 0. The number of fused-ring (bicyclic) bond motifs is 1. The molecule has 0 amide bonds. The third-order valence-corrected chi connectivity index (χ3v) is 5.21. The van der Waals surface area contributed by atoms with Crippen molar-refractivity contribution in [3.63, 3.8) is 0 Å². The Kier molecular flexibility index (Phi) is 4.89. The minimum Gasteiger partial charge on any atom is -0.362 e. The van der Waals surface area contributed by atoms with E-state index in [0.29, 0.717) is 5.92 Å². The van der Waals surface area contributed by atoms with Gasteiger partial charge in [0.2, 0.25) is 0 Å². The number of nitrogens with one attached hydrogen (secondary N) is 1. The fourth-order valence-corrected chi connectivity index (χ4v) is 4.03. The van der Waals surface area contributed by atoms with E-state index in [4.69, 9.17) is 4.98 Å². The molecule has 0 aliphatic carbocycles. The molecule has 1 atom stereocenters. The van der Waals surface area contributed by atoms with E-state index in [1.165, 1.54) is 24.9 Å². The van der Waals surface area contributed by atoms with Gasteiger partial charge in [-0.25, -0.2) is 9.97 Å². The number of hydrogen-bond acceptors (Lipinski definition) is 4. The summed E-state index contributed by atoms with van der Waals surface area (Å²) in [6.45, 7) is 3.26. The summed E-state index contributed by atoms with van der Waals surface area (Å²) in [6, 6.07) is 12.5. The summed E-state index contributed by atoms with van der Waals surface area (Å²) in [5, 5.41) is 0. The lowest BCUT2D eigenvalue weighted by molar-refractivity contribution is 0.166. The number of para-hydroxylation sites is 2. The predicted molar refractivity (Wildman–Crippen MR) is 106 cm³/mol. The molecule has 0 bridgehead atoms. The van der Waals surface area contributed by atoms with Gasteiger partial charge in [-0.3, -0.25) is 4.90 Å². The molecular weight excluding hydrogens is 322 g/mol. The molecule has 1 unspecified atom stereocenters. The van der Waals surface area contributed by atoms with Crippen LogP contribution < -0.4 is 4.90 Å². The van der Waals surface area contributed by atoms with Crippen molar-refractivity contribution >= 4 is 16.9 Å². The average Bonchev–Trinajstić information content (AvgIpc) is 3.04. The lowest BCUT2D eigenvalue weighted by Gasteiger charge is -2.33. The molecule has 1 aromatic carbocycles. The lowest BCUT2D eigenvalue weighted by Crippen LogP contribution is -2.36. The molecule has 1 fully saturated rings. The molecule has 3 aromatic rings. The number of pyridine rings is 1. The molecule has 2 aromatic heterocycles. The summed E-state index contributed by atoms with van der Waals surface area (Å²) >= 11 is 0. The van der Waals surface area contributed by atoms with E-state index in [1.54, 1.807) is 0 Å². The van der Waals surface area contributed by atoms with Gasteiger partial charge in [-0.15, -0.1) is 0 Å². The van der Waals surface area contributed by atoms with E-state index in [1.807, 2.05) is 18.3 Å². The van der Waals surface area contributed by atoms with Crippen LogP contribution in [0.15, 0.2) is 42.6 Å². The zero-order chi connectivity index (χ0) is 17.9. The van der Waals surface area contributed by atoms with Crippen LogP contribution in [0.5, 0.6) is 0 Å². The Balaban J connectivity index is 1.43. The van der Waals surface area contributed by atoms with Crippen molar-refractivity contribution in [3.8, 4) is 0 Å². The van der Waals surface area contributed by atoms with Crippen LogP contribution in [-0.4, -0.2) is 47.0 Å². The SMILES string of the molecule is CN(C)c1ncccc1CN1CCCC(Cc2nc3ccccc3[nH]2)C1. The van der Waals surface area contributed by atoms with E-state index in [0.717, 1.165) is 42.2 Å². The zero-order valence-electron chi connectivity index (χ0n) is 15.7. The van der Waals surface area contributed by atoms with Gasteiger partial charge in [0.25, 0.3) is 0 Å². The fourth-order valence-electron chi connectivity index (χ4n) is 4.03. The summed E-state index contributed by atoms with van der Waals surface area (Å²) in [7, 11) is 4.12. The summed E-state index contributed by atoms with van der Waals surface area (Å²) in [6.07, 6.45) is 5.43. The first-order valence-electron chi connectivity index (χ1n) is 9.46. The van der Waals surface area contributed by atoms with Crippen molar-refractivity contribution in [1.29, 1.82) is 0 Å². The summed E-state index contributed by atoms with van der Waals surface area (Å²) in [5.74, 6) is 2.85. The van der Waals surface area contributed by atoms with Crippen molar-refractivity contribution < 1.29 is 0 Å². The zero-order valence-corrected chi connectivity index (χ0v) is 15.7. The standard InChI is InChI=1S/C21H27N5/c1-25(2)21-17(8-5-11-22-21)15-26-12-6-7-16(14-26)13-20-23-18-9-3-4-10-19(18)24-20/h3-5,8-11,16H,6-7,12-15H2,1-2H3,(H,23,24). The highest BCUT2D eigenvalue weighted by molar-refractivity contribution is 5.74. The van der Waals surface area contributed by atoms with Gasteiger partial charge in [0.05, 0.1) is 11.0 Å². The second-order valence-corrected chi connectivity index (χ2v) is 7.53. The molecule has 0 radical (unpaired) electrons. The first-order chi connectivity index (χ1) is 12.7. The van der Waals surface area contributed by atoms with Crippen molar-refractivity contribution in [2.45, 2.75) is 25.8 Å². The molecule has 4 rings (SSSR count). The monoisotopic (exact) mass is 349 g/mol. The maximum absolute atomic E-state index is 4.76. The average molecular weight is 349 g/mol. The highest BCUT2D eigenvalue weighted by Gasteiger charge is 2.22. The quantitative estimate of drug-likeness (QED) is 0.766. The molecule has 5 heteroatoms. The number of benzene rings is 1. The minimum atomic E-state index is 0.656. The number of imidazole rings is 1. The van der Waals surface area contributed by atoms with Gasteiger partial charge in [-0.2, -0.15) is 0 Å². The number of anilines is 1. The topological polar surface area (TPSA) is 48.1 Å². The smallest absolute Gasteiger partial charge is 0.132 e. The summed E-state index contributed by atoms with van der Waals surface area (Å²) in [5.41, 5.74) is 3.52. The molecule has 1 N–H and O–H groups in total. The van der Waals surface area contributed by atoms with Crippen molar-refractivity contribution in [2.24, 2.45) is 5.92 Å². The number of aromatic amines is 1. The molecule has 0 saturated carbocycles. The van der Waals surface area contributed by atoms with Crippen LogP contribution in [0, 0.1) is 5.92 Å². The second-order valence-electron chi connectivity index (χ2n) is 7.53. The Labute approximate surface area is 155 Å². The number of piperidine rings is 1. The van der Waals surface area contributed by atoms with E-state index in [2.05, 4.69) is 58.1 Å². The van der Waals surface area contributed by atoms with Gasteiger partial charge in [0.1, 0.15) is 11.6 Å². The first kappa shape index (κ1) is 17.0. The van der Waals surface area contributed by atoms with Crippen molar-refractivity contribution in [1.82, 2.24) is 19.9 Å². The molecule has 3 heterocycles. The Hall–Kier alpha value is -2.40. The number of aromatic nitrogens is 3. The third kappa shape index (κ3) is 3.73. The Morgan fingerprint density at radius 2 is 2.08 bits per heavy atom. The fraction of sp³-hybridized carbons (Fsp3) is 0.429. The number of hydrogen-bond donors (Lipinski definition) is 1. The first-order valence-corrected chi connectivity index (χ1v) is 9.46. The number of nitrogens with zero attached hydrogens (tertiary/aromatic N) is 4. The second kappa shape index (κ2) is 7.46. The van der Waals surface area contributed by atoms with Crippen LogP contribution >= 0.6 is 0 Å². The van der Waals surface area contributed by atoms with E-state index in [-0.39, 0.29) is 0 Å². The van der Waals surface area contributed by atoms with Crippen molar-refractivity contribution in [3.05, 3.63) is 54.0 Å². The third-order valence-electron chi connectivity index (χ3n) is 5.21. The molecule has 1 aliphatic rings. The van der Waals surface area contributed by atoms with E-state index in [9.17, 15) is 0 Å². The predicted octanol–water partition coefficient (Wildman–Crippen LogP) is 3.48. The molecule has 5 nitrogen and oxygen atoms in total. The van der Waals surface area contributed by atoms with Gasteiger partial charge < -0.3 is 9.88 Å². The van der Waals surface area contributed by atoms with Crippen LogP contribution in [0.4, 0.5) is 5.82 Å². The molecule has 0 spiro atoms. The van der Waals surface area contributed by atoms with E-state index >= 15 is 0 Å². The highest BCUT2D eigenvalue weighted by atomic mass is 15.2. The Bertz CT molecular complexity index is 836. The number of likely N-dealkylation sites (tertiary alicyclic amines) is 1. The van der Waals surface area contributed by atoms with Gasteiger partial charge in [-0.1, -0.05) is 18.2 Å². The number of H-pyrrole nitrogens is 1. The van der Waals surface area contributed by atoms with Gasteiger partial charge in [-0.05, 0) is 43.5 Å². The van der Waals surface area contributed by atoms with Crippen molar-refractivity contribution in [2.75, 3.05) is 32.1 Å². The molecule has 136 valence electrons. The minimum absolute atomic E-state index is 0.656. The molecular formula is C21H27N5. The maximum atomic E-state index is 4.76.